The number of hydrogen-bond acceptors (Lipinski definition) is 4. The quantitative estimate of drug-likeness (QED) is 0.852. The molecule has 0 unspecified atom stereocenters. The van der Waals surface area contributed by atoms with E-state index in [0.29, 0.717) is 5.54 Å². The third-order valence-electron chi connectivity index (χ3n) is 5.61. The van der Waals surface area contributed by atoms with Crippen molar-refractivity contribution in [1.82, 2.24) is 14.8 Å². The molecular formula is C19H25N3S. The van der Waals surface area contributed by atoms with Crippen LogP contribution in [0.25, 0.3) is 0 Å². The predicted octanol–water partition coefficient (Wildman–Crippen LogP) is 3.77. The van der Waals surface area contributed by atoms with Gasteiger partial charge in [-0.2, -0.15) is 11.3 Å². The highest BCUT2D eigenvalue weighted by Crippen LogP contribution is 2.39. The Bertz CT molecular complexity index is 603. The highest BCUT2D eigenvalue weighted by molar-refractivity contribution is 7.07. The molecule has 2 aliphatic heterocycles. The van der Waals surface area contributed by atoms with Gasteiger partial charge >= 0.3 is 0 Å². The van der Waals surface area contributed by atoms with Crippen molar-refractivity contribution in [3.05, 3.63) is 52.5 Å². The maximum absolute atomic E-state index is 4.28. The van der Waals surface area contributed by atoms with Crippen LogP contribution in [0.5, 0.6) is 0 Å². The van der Waals surface area contributed by atoms with E-state index in [2.05, 4.69) is 43.7 Å². The molecule has 0 amide bonds. The maximum Gasteiger partial charge on any atom is 0.0312 e. The van der Waals surface area contributed by atoms with E-state index in [1.807, 2.05) is 23.7 Å². The molecule has 0 bridgehead atoms. The van der Waals surface area contributed by atoms with Crippen molar-refractivity contribution < 1.29 is 0 Å². The summed E-state index contributed by atoms with van der Waals surface area (Å²) in [6.07, 6.45) is 9.25. The molecule has 0 atom stereocenters. The summed E-state index contributed by atoms with van der Waals surface area (Å²) in [5.41, 5.74) is 3.28. The summed E-state index contributed by atoms with van der Waals surface area (Å²) in [5, 5.41) is 4.47. The molecule has 0 aliphatic carbocycles. The van der Waals surface area contributed by atoms with E-state index in [9.17, 15) is 0 Å². The largest absolute Gasteiger partial charge is 0.299 e. The fraction of sp³-hybridized carbons (Fsp3) is 0.526. The Labute approximate surface area is 143 Å². The third-order valence-corrected chi connectivity index (χ3v) is 6.34. The van der Waals surface area contributed by atoms with Gasteiger partial charge in [-0.15, -0.1) is 0 Å². The van der Waals surface area contributed by atoms with Crippen LogP contribution in [0.4, 0.5) is 0 Å². The minimum atomic E-state index is 0.445. The van der Waals surface area contributed by atoms with Crippen LogP contribution in [0.15, 0.2) is 41.4 Å². The smallest absolute Gasteiger partial charge is 0.0312 e. The molecule has 0 aromatic carbocycles. The first kappa shape index (κ1) is 15.3. The van der Waals surface area contributed by atoms with E-state index >= 15 is 0 Å². The molecule has 0 N–H and O–H groups in total. The fourth-order valence-electron chi connectivity index (χ4n) is 4.29. The maximum atomic E-state index is 4.28. The second-order valence-corrected chi connectivity index (χ2v) is 7.80. The first-order valence-electron chi connectivity index (χ1n) is 8.72. The van der Waals surface area contributed by atoms with Gasteiger partial charge < -0.3 is 0 Å². The lowest BCUT2D eigenvalue weighted by Gasteiger charge is -2.45. The lowest BCUT2D eigenvalue weighted by Crippen LogP contribution is -2.51. The monoisotopic (exact) mass is 327 g/mol. The van der Waals surface area contributed by atoms with Gasteiger partial charge in [-0.3, -0.25) is 14.8 Å². The van der Waals surface area contributed by atoms with E-state index in [4.69, 9.17) is 0 Å². The lowest BCUT2D eigenvalue weighted by molar-refractivity contribution is 0.0450. The summed E-state index contributed by atoms with van der Waals surface area (Å²) in [6, 6.07) is 6.53. The van der Waals surface area contributed by atoms with E-state index in [-0.39, 0.29) is 0 Å². The zero-order valence-electron chi connectivity index (χ0n) is 13.7. The van der Waals surface area contributed by atoms with Crippen molar-refractivity contribution in [2.75, 3.05) is 19.6 Å². The predicted molar refractivity (Wildman–Crippen MR) is 95.4 cm³/mol. The second-order valence-electron chi connectivity index (χ2n) is 7.02. The number of nitrogens with zero attached hydrogens (tertiary/aromatic N) is 3. The number of likely N-dealkylation sites (tertiary alicyclic amines) is 2. The molecule has 0 saturated carbocycles. The Morgan fingerprint density at radius 2 is 1.96 bits per heavy atom. The number of pyridine rings is 1. The Kier molecular flexibility index (Phi) is 4.47. The Balaban J connectivity index is 1.38. The molecule has 2 aromatic heterocycles. The van der Waals surface area contributed by atoms with Gasteiger partial charge in [0.15, 0.2) is 0 Å². The summed E-state index contributed by atoms with van der Waals surface area (Å²) in [7, 11) is 0. The molecule has 0 radical (unpaired) electrons. The van der Waals surface area contributed by atoms with Gasteiger partial charge in [0.25, 0.3) is 0 Å². The van der Waals surface area contributed by atoms with Crippen molar-refractivity contribution in [1.29, 1.82) is 0 Å². The molecule has 1 spiro atoms. The average molecular weight is 327 g/mol. The second kappa shape index (κ2) is 6.71. The number of thiophene rings is 1. The Hall–Kier alpha value is -1.23. The fourth-order valence-corrected chi connectivity index (χ4v) is 4.95. The van der Waals surface area contributed by atoms with Crippen LogP contribution in [-0.4, -0.2) is 40.0 Å². The molecule has 4 rings (SSSR count). The van der Waals surface area contributed by atoms with E-state index in [1.54, 1.807) is 0 Å². The third kappa shape index (κ3) is 3.35. The van der Waals surface area contributed by atoms with Gasteiger partial charge in [-0.05, 0) is 66.2 Å². The molecule has 4 heteroatoms. The number of aromatic nitrogens is 1. The van der Waals surface area contributed by atoms with E-state index in [0.717, 1.165) is 13.1 Å². The zero-order valence-corrected chi connectivity index (χ0v) is 14.5. The first-order valence-corrected chi connectivity index (χ1v) is 9.66. The molecule has 3 nitrogen and oxygen atoms in total. The van der Waals surface area contributed by atoms with Gasteiger partial charge in [0.05, 0.1) is 0 Å². The molecule has 2 fully saturated rings. The number of hydrogen-bond donors (Lipinski definition) is 0. The summed E-state index contributed by atoms with van der Waals surface area (Å²) in [4.78, 5) is 9.66. The van der Waals surface area contributed by atoms with Crippen LogP contribution in [0.1, 0.15) is 36.8 Å². The van der Waals surface area contributed by atoms with Crippen LogP contribution in [0.2, 0.25) is 0 Å². The van der Waals surface area contributed by atoms with Crippen LogP contribution < -0.4 is 0 Å². The molecule has 122 valence electrons. The van der Waals surface area contributed by atoms with Gasteiger partial charge in [-0.25, -0.2) is 0 Å². The summed E-state index contributed by atoms with van der Waals surface area (Å²) < 4.78 is 0. The van der Waals surface area contributed by atoms with Gasteiger partial charge in [-0.1, -0.05) is 6.07 Å². The van der Waals surface area contributed by atoms with Gasteiger partial charge in [0.2, 0.25) is 0 Å². The number of rotatable bonds is 4. The summed E-state index contributed by atoms with van der Waals surface area (Å²) in [5.74, 6) is 0. The molecule has 2 aliphatic rings. The minimum Gasteiger partial charge on any atom is -0.299 e. The molecule has 23 heavy (non-hydrogen) atoms. The van der Waals surface area contributed by atoms with Crippen LogP contribution in [0.3, 0.4) is 0 Å². The van der Waals surface area contributed by atoms with Gasteiger partial charge in [0, 0.05) is 44.1 Å². The highest BCUT2D eigenvalue weighted by atomic mass is 32.1. The summed E-state index contributed by atoms with van der Waals surface area (Å²) >= 11 is 1.81. The van der Waals surface area contributed by atoms with Crippen LogP contribution in [0, 0.1) is 0 Å². The first-order chi connectivity index (χ1) is 11.3. The lowest BCUT2D eigenvalue weighted by atomic mass is 9.84. The van der Waals surface area contributed by atoms with Crippen molar-refractivity contribution in [3.63, 3.8) is 0 Å². The summed E-state index contributed by atoms with van der Waals surface area (Å²) in [6.45, 7) is 5.92. The highest BCUT2D eigenvalue weighted by Gasteiger charge is 2.42. The van der Waals surface area contributed by atoms with Crippen LogP contribution >= 0.6 is 11.3 Å². The number of piperidine rings is 1. The van der Waals surface area contributed by atoms with Crippen molar-refractivity contribution in [3.8, 4) is 0 Å². The normalized spacial score (nSPS) is 21.9. The molecule has 2 saturated heterocycles. The van der Waals surface area contributed by atoms with E-state index in [1.165, 1.54) is 56.4 Å². The van der Waals surface area contributed by atoms with Crippen molar-refractivity contribution in [2.45, 2.75) is 44.3 Å². The van der Waals surface area contributed by atoms with E-state index < -0.39 is 0 Å². The zero-order chi connectivity index (χ0) is 15.5. The Morgan fingerprint density at radius 1 is 1.04 bits per heavy atom. The van der Waals surface area contributed by atoms with Crippen molar-refractivity contribution in [2.24, 2.45) is 0 Å². The standard InChI is InChI=1S/C19H25N3S/c1-3-17(13-20-8-1)15-22-9-2-5-19(22)6-10-21(11-7-19)14-18-4-12-23-16-18/h1,3-4,8,12-13,16H,2,5-7,9-11,14-15H2. The SMILES string of the molecule is c1cncc(CN2CCCC23CCN(Cc2ccsc2)CC3)c1. The molecule has 2 aromatic rings. The van der Waals surface area contributed by atoms with Crippen molar-refractivity contribution >= 4 is 11.3 Å². The van der Waals surface area contributed by atoms with Crippen LogP contribution in [-0.2, 0) is 13.1 Å². The average Bonchev–Trinajstić information content (AvgIpc) is 3.22. The Morgan fingerprint density at radius 3 is 2.70 bits per heavy atom. The minimum absolute atomic E-state index is 0.445. The molecule has 4 heterocycles. The van der Waals surface area contributed by atoms with Gasteiger partial charge in [0.1, 0.15) is 0 Å². The molecular weight excluding hydrogens is 302 g/mol. The topological polar surface area (TPSA) is 19.4 Å².